The molecule has 0 N–H and O–H groups in total. The van der Waals surface area contributed by atoms with Gasteiger partial charge in [-0.05, 0) is 24.6 Å². The molecule has 0 spiro atoms. The van der Waals surface area contributed by atoms with Crippen molar-refractivity contribution in [1.29, 1.82) is 0 Å². The van der Waals surface area contributed by atoms with Gasteiger partial charge in [-0.2, -0.15) is 0 Å². The predicted octanol–water partition coefficient (Wildman–Crippen LogP) is 3.41. The molecule has 0 aromatic carbocycles. The lowest BCUT2D eigenvalue weighted by atomic mass is 10.2. The molecule has 0 aromatic rings. The summed E-state index contributed by atoms with van der Waals surface area (Å²) in [7, 11) is -0.00368. The number of hydrogen-bond acceptors (Lipinski definition) is 3. The molecule has 4 heteroatoms. The molecular weight excluding hydrogens is 220 g/mol. The maximum Gasteiger partial charge on any atom is 0.192 e. The SMILES string of the molecule is CC[C@@H](CO[Si](C)(C)C(C)(C)C)OCOC. The normalized spacial score (nSPS) is 15.2. The highest BCUT2D eigenvalue weighted by atomic mass is 28.4. The molecular formula is C12H28O3Si. The summed E-state index contributed by atoms with van der Waals surface area (Å²) in [5.41, 5.74) is 0. The molecule has 0 aliphatic rings. The first-order valence-electron chi connectivity index (χ1n) is 5.99. The topological polar surface area (TPSA) is 27.7 Å². The Hall–Kier alpha value is 0.0969. The van der Waals surface area contributed by atoms with Crippen LogP contribution in [0.5, 0.6) is 0 Å². The lowest BCUT2D eigenvalue weighted by Gasteiger charge is -2.37. The van der Waals surface area contributed by atoms with Crippen molar-refractivity contribution in [3.63, 3.8) is 0 Å². The van der Waals surface area contributed by atoms with Gasteiger partial charge in [-0.1, -0.05) is 27.7 Å². The van der Waals surface area contributed by atoms with E-state index in [1.807, 2.05) is 0 Å². The van der Waals surface area contributed by atoms with Crippen molar-refractivity contribution in [2.45, 2.75) is 58.4 Å². The monoisotopic (exact) mass is 248 g/mol. The van der Waals surface area contributed by atoms with E-state index in [4.69, 9.17) is 13.9 Å². The maximum absolute atomic E-state index is 6.10. The molecule has 3 nitrogen and oxygen atoms in total. The van der Waals surface area contributed by atoms with E-state index in [0.717, 1.165) is 6.42 Å². The maximum atomic E-state index is 6.10. The Labute approximate surface area is 102 Å². The molecule has 0 aliphatic carbocycles. The summed E-state index contributed by atoms with van der Waals surface area (Å²) < 4.78 is 16.5. The van der Waals surface area contributed by atoms with E-state index in [9.17, 15) is 0 Å². The van der Waals surface area contributed by atoms with Crippen molar-refractivity contribution in [2.24, 2.45) is 0 Å². The summed E-state index contributed by atoms with van der Waals surface area (Å²) in [5, 5.41) is 0.256. The molecule has 0 rings (SSSR count). The van der Waals surface area contributed by atoms with Crippen LogP contribution in [0.4, 0.5) is 0 Å². The van der Waals surface area contributed by atoms with Crippen molar-refractivity contribution in [3.8, 4) is 0 Å². The van der Waals surface area contributed by atoms with E-state index < -0.39 is 8.32 Å². The van der Waals surface area contributed by atoms with Gasteiger partial charge in [0.1, 0.15) is 6.79 Å². The summed E-state index contributed by atoms with van der Waals surface area (Å²) in [6, 6.07) is 0. The fraction of sp³-hybridized carbons (Fsp3) is 1.00. The lowest BCUT2D eigenvalue weighted by Crippen LogP contribution is -2.43. The summed E-state index contributed by atoms with van der Waals surface area (Å²) >= 11 is 0. The van der Waals surface area contributed by atoms with Crippen LogP contribution in [0.2, 0.25) is 18.1 Å². The third kappa shape index (κ3) is 5.43. The Kier molecular flexibility index (Phi) is 6.78. The van der Waals surface area contributed by atoms with Gasteiger partial charge >= 0.3 is 0 Å². The number of methoxy groups -OCH3 is 1. The van der Waals surface area contributed by atoms with E-state index in [1.54, 1.807) is 7.11 Å². The molecule has 0 aromatic heterocycles. The summed E-state index contributed by atoms with van der Waals surface area (Å²) in [5.74, 6) is 0. The van der Waals surface area contributed by atoms with Gasteiger partial charge in [0.15, 0.2) is 8.32 Å². The Morgan fingerprint density at radius 1 is 1.19 bits per heavy atom. The first kappa shape index (κ1) is 16.1. The van der Waals surface area contributed by atoms with Gasteiger partial charge in [-0.15, -0.1) is 0 Å². The zero-order chi connectivity index (χ0) is 12.8. The third-order valence-electron chi connectivity index (χ3n) is 3.31. The Balaban J connectivity index is 4.10. The minimum absolute atomic E-state index is 0.147. The van der Waals surface area contributed by atoms with Crippen molar-refractivity contribution in [1.82, 2.24) is 0 Å². The molecule has 0 saturated heterocycles. The first-order chi connectivity index (χ1) is 7.24. The van der Waals surface area contributed by atoms with Gasteiger partial charge in [0.2, 0.25) is 0 Å². The average Bonchev–Trinajstić information content (AvgIpc) is 2.16. The minimum Gasteiger partial charge on any atom is -0.414 e. The van der Waals surface area contributed by atoms with Crippen LogP contribution in [0, 0.1) is 0 Å². The second-order valence-corrected chi connectivity index (χ2v) is 10.5. The van der Waals surface area contributed by atoms with Crippen LogP contribution in [-0.2, 0) is 13.9 Å². The second-order valence-electron chi connectivity index (χ2n) is 5.67. The molecule has 0 unspecified atom stereocenters. The van der Waals surface area contributed by atoms with Crippen molar-refractivity contribution < 1.29 is 13.9 Å². The molecule has 16 heavy (non-hydrogen) atoms. The van der Waals surface area contributed by atoms with Gasteiger partial charge in [0, 0.05) is 7.11 Å². The van der Waals surface area contributed by atoms with E-state index in [-0.39, 0.29) is 11.1 Å². The third-order valence-corrected chi connectivity index (χ3v) is 7.81. The molecule has 0 heterocycles. The van der Waals surface area contributed by atoms with Crippen molar-refractivity contribution in [2.75, 3.05) is 20.5 Å². The molecule has 0 saturated carbocycles. The van der Waals surface area contributed by atoms with Gasteiger partial charge in [-0.25, -0.2) is 0 Å². The zero-order valence-corrected chi connectivity index (χ0v) is 12.9. The average molecular weight is 248 g/mol. The van der Waals surface area contributed by atoms with Crippen LogP contribution in [-0.4, -0.2) is 34.9 Å². The largest absolute Gasteiger partial charge is 0.414 e. The number of rotatable bonds is 7. The van der Waals surface area contributed by atoms with E-state index in [2.05, 4.69) is 40.8 Å². The van der Waals surface area contributed by atoms with Crippen molar-refractivity contribution in [3.05, 3.63) is 0 Å². The number of hydrogen-bond donors (Lipinski definition) is 0. The van der Waals surface area contributed by atoms with Gasteiger partial charge in [-0.3, -0.25) is 0 Å². The highest BCUT2D eigenvalue weighted by Crippen LogP contribution is 2.36. The quantitative estimate of drug-likeness (QED) is 0.510. The summed E-state index contributed by atoms with van der Waals surface area (Å²) in [4.78, 5) is 0. The standard InChI is InChI=1S/C12H28O3Si/c1-8-11(14-10-13-5)9-15-16(6,7)12(2,3)4/h11H,8-10H2,1-7H3/t11-/m0/s1. The lowest BCUT2D eigenvalue weighted by molar-refractivity contribution is -0.0859. The van der Waals surface area contributed by atoms with Crippen molar-refractivity contribution >= 4 is 8.32 Å². The molecule has 1 atom stereocenters. The Morgan fingerprint density at radius 2 is 1.75 bits per heavy atom. The van der Waals surface area contributed by atoms with Gasteiger partial charge in [0.25, 0.3) is 0 Å². The summed E-state index contributed by atoms with van der Waals surface area (Å²) in [6.45, 7) is 14.4. The molecule has 0 amide bonds. The van der Waals surface area contributed by atoms with Crippen LogP contribution < -0.4 is 0 Å². The predicted molar refractivity (Wildman–Crippen MR) is 70.2 cm³/mol. The summed E-state index contributed by atoms with van der Waals surface area (Å²) in [6.07, 6.45) is 1.10. The van der Waals surface area contributed by atoms with Crippen LogP contribution in [0.1, 0.15) is 34.1 Å². The molecule has 0 bridgehead atoms. The molecule has 0 radical (unpaired) electrons. The molecule has 98 valence electrons. The highest BCUT2D eigenvalue weighted by molar-refractivity contribution is 6.74. The molecule has 0 aliphatic heterocycles. The second kappa shape index (κ2) is 6.74. The fourth-order valence-electron chi connectivity index (χ4n) is 0.966. The van der Waals surface area contributed by atoms with Crippen LogP contribution in [0.3, 0.4) is 0 Å². The van der Waals surface area contributed by atoms with E-state index in [1.165, 1.54) is 0 Å². The fourth-order valence-corrected chi connectivity index (χ4v) is 2.00. The zero-order valence-electron chi connectivity index (χ0n) is 11.9. The van der Waals surface area contributed by atoms with Crippen LogP contribution in [0.15, 0.2) is 0 Å². The molecule has 0 fully saturated rings. The Bertz CT molecular complexity index is 187. The number of ether oxygens (including phenoxy) is 2. The smallest absolute Gasteiger partial charge is 0.192 e. The van der Waals surface area contributed by atoms with Gasteiger partial charge < -0.3 is 13.9 Å². The van der Waals surface area contributed by atoms with E-state index in [0.29, 0.717) is 13.4 Å². The minimum atomic E-state index is -1.64. The highest BCUT2D eigenvalue weighted by Gasteiger charge is 2.37. The first-order valence-corrected chi connectivity index (χ1v) is 8.90. The van der Waals surface area contributed by atoms with Gasteiger partial charge in [0.05, 0.1) is 12.7 Å². The van der Waals surface area contributed by atoms with Crippen LogP contribution >= 0.6 is 0 Å². The van der Waals surface area contributed by atoms with Crippen LogP contribution in [0.25, 0.3) is 0 Å². The van der Waals surface area contributed by atoms with E-state index >= 15 is 0 Å². The Morgan fingerprint density at radius 3 is 2.12 bits per heavy atom.